The fourth-order valence-corrected chi connectivity index (χ4v) is 3.74. The Morgan fingerprint density at radius 3 is 2.44 bits per heavy atom. The van der Waals surface area contributed by atoms with Gasteiger partial charge in [-0.3, -0.25) is 14.9 Å². The molecule has 1 N–H and O–H groups in total. The van der Waals surface area contributed by atoms with E-state index in [9.17, 15) is 24.5 Å². The van der Waals surface area contributed by atoms with E-state index >= 15 is 0 Å². The van der Waals surface area contributed by atoms with Crippen molar-refractivity contribution in [2.45, 2.75) is 6.92 Å². The van der Waals surface area contributed by atoms with Crippen molar-refractivity contribution in [3.05, 3.63) is 81.2 Å². The molecule has 0 aliphatic heterocycles. The van der Waals surface area contributed by atoms with Crippen molar-refractivity contribution < 1.29 is 28.8 Å². The summed E-state index contributed by atoms with van der Waals surface area (Å²) in [6.45, 7) is 1.21. The number of non-ortho nitro benzene ring substituents is 1. The first-order valence-corrected chi connectivity index (χ1v) is 10.3. The number of hydrogen-bond acceptors (Lipinski definition) is 8. The lowest BCUT2D eigenvalue weighted by Crippen LogP contribution is -2.21. The second-order valence-electron chi connectivity index (χ2n) is 6.37. The van der Waals surface area contributed by atoms with E-state index in [1.165, 1.54) is 29.5 Å². The van der Waals surface area contributed by atoms with Crippen LogP contribution < -0.4 is 5.32 Å². The van der Waals surface area contributed by atoms with Gasteiger partial charge < -0.3 is 14.8 Å². The third kappa shape index (κ3) is 5.55. The molecule has 1 aromatic heterocycles. The molecule has 3 aromatic rings. The van der Waals surface area contributed by atoms with E-state index in [-0.39, 0.29) is 28.4 Å². The first-order valence-electron chi connectivity index (χ1n) is 9.47. The number of nitro benzene ring substituents is 1. The van der Waals surface area contributed by atoms with Crippen LogP contribution >= 0.6 is 11.3 Å². The zero-order valence-corrected chi connectivity index (χ0v) is 17.7. The Balaban J connectivity index is 1.71. The van der Waals surface area contributed by atoms with Gasteiger partial charge in [-0.25, -0.2) is 9.59 Å². The maximum atomic E-state index is 12.4. The Bertz CT molecular complexity index is 1160. The minimum absolute atomic E-state index is 0.0545. The molecule has 0 fully saturated rings. The smallest absolute Gasteiger partial charge is 0.350 e. The number of nitrogens with zero attached hydrogens (tertiary/aromatic N) is 1. The number of hydrogen-bond donors (Lipinski definition) is 1. The molecule has 3 rings (SSSR count). The van der Waals surface area contributed by atoms with Crippen molar-refractivity contribution in [3.63, 3.8) is 0 Å². The van der Waals surface area contributed by atoms with Crippen LogP contribution in [0.1, 0.15) is 27.0 Å². The van der Waals surface area contributed by atoms with Gasteiger partial charge in [0.1, 0.15) is 4.88 Å². The molecule has 1 amide bonds. The predicted molar refractivity (Wildman–Crippen MR) is 118 cm³/mol. The van der Waals surface area contributed by atoms with Gasteiger partial charge in [-0.05, 0) is 24.6 Å². The third-order valence-electron chi connectivity index (χ3n) is 4.15. The highest BCUT2D eigenvalue weighted by Gasteiger charge is 2.21. The van der Waals surface area contributed by atoms with Gasteiger partial charge in [-0.15, -0.1) is 11.3 Å². The Morgan fingerprint density at radius 1 is 1.00 bits per heavy atom. The van der Waals surface area contributed by atoms with Crippen molar-refractivity contribution in [3.8, 4) is 10.4 Å². The number of nitrogens with one attached hydrogen (secondary N) is 1. The van der Waals surface area contributed by atoms with Crippen molar-refractivity contribution in [1.29, 1.82) is 0 Å². The van der Waals surface area contributed by atoms with E-state index in [2.05, 4.69) is 5.32 Å². The highest BCUT2D eigenvalue weighted by atomic mass is 32.1. The number of ether oxygens (including phenoxy) is 2. The van der Waals surface area contributed by atoms with E-state index in [4.69, 9.17) is 9.47 Å². The molecule has 164 valence electrons. The molecule has 0 spiro atoms. The monoisotopic (exact) mass is 454 g/mol. The standard InChI is InChI=1S/C22H18N2O7S/c1-2-30-22(27)20-17(12-18(32-20)14-7-4-3-5-8-14)23-19(25)13-31-21(26)15-9-6-10-16(11-15)24(28)29/h3-12H,2,13H2,1H3,(H,23,25). The van der Waals surface area contributed by atoms with Crippen LogP contribution in [-0.2, 0) is 14.3 Å². The maximum Gasteiger partial charge on any atom is 0.350 e. The van der Waals surface area contributed by atoms with Gasteiger partial charge in [0.05, 0.1) is 22.8 Å². The molecule has 1 heterocycles. The number of anilines is 1. The Morgan fingerprint density at radius 2 is 1.75 bits per heavy atom. The second kappa shape index (κ2) is 10.3. The summed E-state index contributed by atoms with van der Waals surface area (Å²) in [4.78, 5) is 48.0. The minimum atomic E-state index is -0.884. The van der Waals surface area contributed by atoms with Crippen LogP contribution in [0.25, 0.3) is 10.4 Å². The van der Waals surface area contributed by atoms with Crippen LogP contribution in [0.2, 0.25) is 0 Å². The van der Waals surface area contributed by atoms with Crippen molar-refractivity contribution in [2.75, 3.05) is 18.5 Å². The van der Waals surface area contributed by atoms with Crippen LogP contribution in [0.15, 0.2) is 60.7 Å². The van der Waals surface area contributed by atoms with E-state index in [1.807, 2.05) is 30.3 Å². The molecule has 0 saturated heterocycles. The third-order valence-corrected chi connectivity index (χ3v) is 5.32. The largest absolute Gasteiger partial charge is 0.462 e. The van der Waals surface area contributed by atoms with E-state index in [0.717, 1.165) is 16.5 Å². The summed E-state index contributed by atoms with van der Waals surface area (Å²) in [7, 11) is 0. The topological polar surface area (TPSA) is 125 Å². The SMILES string of the molecule is CCOC(=O)c1sc(-c2ccccc2)cc1NC(=O)COC(=O)c1cccc([N+](=O)[O-])c1. The Kier molecular flexibility index (Phi) is 7.29. The molecule has 0 bridgehead atoms. The summed E-state index contributed by atoms with van der Waals surface area (Å²) >= 11 is 1.17. The highest BCUT2D eigenvalue weighted by Crippen LogP contribution is 2.35. The molecule has 0 saturated carbocycles. The molecule has 0 aliphatic carbocycles. The molecule has 0 atom stereocenters. The van der Waals surface area contributed by atoms with Gasteiger partial charge >= 0.3 is 11.9 Å². The summed E-state index contributed by atoms with van der Waals surface area (Å²) < 4.78 is 10.0. The number of rotatable bonds is 8. The first-order chi connectivity index (χ1) is 15.4. The first kappa shape index (κ1) is 22.6. The Labute approximate surface area is 186 Å². The quantitative estimate of drug-likeness (QED) is 0.306. The zero-order chi connectivity index (χ0) is 23.1. The number of nitro groups is 1. The van der Waals surface area contributed by atoms with Gasteiger partial charge in [0.15, 0.2) is 6.61 Å². The minimum Gasteiger partial charge on any atom is -0.462 e. The summed E-state index contributed by atoms with van der Waals surface area (Å²) in [5, 5.41) is 13.4. The van der Waals surface area contributed by atoms with Crippen molar-refractivity contribution >= 4 is 40.6 Å². The van der Waals surface area contributed by atoms with E-state index in [1.54, 1.807) is 13.0 Å². The summed E-state index contributed by atoms with van der Waals surface area (Å²) in [5.41, 5.74) is 0.778. The van der Waals surface area contributed by atoms with Crippen molar-refractivity contribution in [2.24, 2.45) is 0 Å². The number of benzene rings is 2. The fraction of sp³-hybridized carbons (Fsp3) is 0.136. The van der Waals surface area contributed by atoms with Gasteiger partial charge in [0.2, 0.25) is 0 Å². The number of amides is 1. The maximum absolute atomic E-state index is 12.4. The number of thiophene rings is 1. The van der Waals surface area contributed by atoms with E-state index < -0.39 is 29.4 Å². The van der Waals surface area contributed by atoms with Crippen molar-refractivity contribution in [1.82, 2.24) is 0 Å². The molecule has 0 aliphatic rings. The van der Waals surface area contributed by atoms with E-state index in [0.29, 0.717) is 0 Å². The van der Waals surface area contributed by atoms with Crippen LogP contribution in [0.4, 0.5) is 11.4 Å². The van der Waals surface area contributed by atoms with Crippen LogP contribution in [0.3, 0.4) is 0 Å². The Hall–Kier alpha value is -4.05. The van der Waals surface area contributed by atoms with Gasteiger partial charge in [0.25, 0.3) is 11.6 Å². The summed E-state index contributed by atoms with van der Waals surface area (Å²) in [5.74, 6) is -2.14. The molecular weight excluding hydrogens is 436 g/mol. The molecule has 32 heavy (non-hydrogen) atoms. The van der Waals surface area contributed by atoms with Crippen LogP contribution in [0, 0.1) is 10.1 Å². The number of carbonyl (C=O) groups is 3. The molecule has 0 unspecified atom stereocenters. The lowest BCUT2D eigenvalue weighted by Gasteiger charge is -2.07. The van der Waals surface area contributed by atoms with Crippen LogP contribution in [-0.4, -0.2) is 36.0 Å². The zero-order valence-electron chi connectivity index (χ0n) is 16.9. The predicted octanol–water partition coefficient (Wildman–Crippen LogP) is 4.30. The normalized spacial score (nSPS) is 10.3. The number of carbonyl (C=O) groups excluding carboxylic acids is 3. The molecule has 9 nitrogen and oxygen atoms in total. The summed E-state index contributed by atoms with van der Waals surface area (Å²) in [6, 6.07) is 15.9. The lowest BCUT2D eigenvalue weighted by atomic mass is 10.2. The van der Waals surface area contributed by atoms with Crippen LogP contribution in [0.5, 0.6) is 0 Å². The molecule has 0 radical (unpaired) electrons. The molecule has 10 heteroatoms. The average molecular weight is 454 g/mol. The van der Waals surface area contributed by atoms with Gasteiger partial charge in [0, 0.05) is 17.0 Å². The fourth-order valence-electron chi connectivity index (χ4n) is 2.72. The molecular formula is C22H18N2O7S. The van der Waals surface area contributed by atoms with Gasteiger partial charge in [-0.1, -0.05) is 36.4 Å². The highest BCUT2D eigenvalue weighted by molar-refractivity contribution is 7.18. The number of esters is 2. The molecule has 2 aromatic carbocycles. The second-order valence-corrected chi connectivity index (χ2v) is 7.42. The summed E-state index contributed by atoms with van der Waals surface area (Å²) in [6.07, 6.45) is 0. The average Bonchev–Trinajstić information content (AvgIpc) is 3.22. The van der Waals surface area contributed by atoms with Gasteiger partial charge in [-0.2, -0.15) is 0 Å². The lowest BCUT2D eigenvalue weighted by molar-refractivity contribution is -0.384.